The van der Waals surface area contributed by atoms with E-state index in [-0.39, 0.29) is 0 Å². The van der Waals surface area contributed by atoms with Crippen LogP contribution in [0.1, 0.15) is 0 Å². The van der Waals surface area contributed by atoms with Crippen LogP contribution in [0.15, 0.2) is 4.99 Å². The van der Waals surface area contributed by atoms with Crippen LogP contribution in [0.4, 0.5) is 0 Å². The zero-order valence-electron chi connectivity index (χ0n) is 5.37. The van der Waals surface area contributed by atoms with Crippen molar-refractivity contribution in [3.63, 3.8) is 0 Å². The highest BCUT2D eigenvalue weighted by Crippen LogP contribution is 2.19. The fraction of sp³-hybridized carbons (Fsp3) is 0.600. The third-order valence-corrected chi connectivity index (χ3v) is 2.52. The summed E-state index contributed by atoms with van der Waals surface area (Å²) in [6.45, 7) is 0. The molecule has 1 aliphatic rings. The predicted molar refractivity (Wildman–Crippen MR) is 46.2 cm³/mol. The molecule has 0 fully saturated rings. The third kappa shape index (κ3) is 1.74. The highest BCUT2D eigenvalue weighted by Gasteiger charge is 2.16. The standard InChI is InChI=1S/C5H8N2S2/c1-7(2)4-3-6-5(8)9-4/h3-4H,1-2H3. The average molecular weight is 160 g/mol. The number of rotatable bonds is 1. The molecule has 9 heavy (non-hydrogen) atoms. The van der Waals surface area contributed by atoms with Crippen molar-refractivity contribution in [2.45, 2.75) is 5.37 Å². The van der Waals surface area contributed by atoms with Crippen LogP contribution in [0.25, 0.3) is 0 Å². The molecule has 0 radical (unpaired) electrons. The Kier molecular flexibility index (Phi) is 2.21. The molecule has 0 amide bonds. The van der Waals surface area contributed by atoms with Gasteiger partial charge in [-0.05, 0) is 14.1 Å². The van der Waals surface area contributed by atoms with E-state index in [0.29, 0.717) is 5.37 Å². The van der Waals surface area contributed by atoms with E-state index in [4.69, 9.17) is 12.2 Å². The minimum Gasteiger partial charge on any atom is -0.293 e. The van der Waals surface area contributed by atoms with E-state index in [9.17, 15) is 0 Å². The van der Waals surface area contributed by atoms with Crippen LogP contribution in [0, 0.1) is 0 Å². The first-order valence-corrected chi connectivity index (χ1v) is 3.90. The fourth-order valence-electron chi connectivity index (χ4n) is 0.528. The van der Waals surface area contributed by atoms with Gasteiger partial charge >= 0.3 is 0 Å². The van der Waals surface area contributed by atoms with Crippen LogP contribution < -0.4 is 0 Å². The van der Waals surface area contributed by atoms with E-state index in [1.807, 2.05) is 20.3 Å². The van der Waals surface area contributed by atoms with E-state index in [0.717, 1.165) is 4.32 Å². The second-order valence-corrected chi connectivity index (χ2v) is 3.77. The highest BCUT2D eigenvalue weighted by atomic mass is 32.2. The van der Waals surface area contributed by atoms with Crippen LogP contribution in [0.3, 0.4) is 0 Å². The van der Waals surface area contributed by atoms with Crippen molar-refractivity contribution in [3.8, 4) is 0 Å². The second-order valence-electron chi connectivity index (χ2n) is 2.02. The van der Waals surface area contributed by atoms with Crippen molar-refractivity contribution in [3.05, 3.63) is 0 Å². The lowest BCUT2D eigenvalue weighted by atomic mass is 10.6. The van der Waals surface area contributed by atoms with E-state index in [1.165, 1.54) is 0 Å². The zero-order chi connectivity index (χ0) is 6.85. The van der Waals surface area contributed by atoms with Crippen molar-refractivity contribution < 1.29 is 0 Å². The summed E-state index contributed by atoms with van der Waals surface area (Å²) >= 11 is 6.46. The molecule has 1 unspecified atom stereocenters. The smallest absolute Gasteiger partial charge is 0.161 e. The maximum absolute atomic E-state index is 4.85. The first-order valence-electron chi connectivity index (χ1n) is 2.61. The molecule has 4 heteroatoms. The quantitative estimate of drug-likeness (QED) is 0.532. The summed E-state index contributed by atoms with van der Waals surface area (Å²) in [5, 5.41) is 0.359. The van der Waals surface area contributed by atoms with E-state index in [2.05, 4.69) is 9.89 Å². The van der Waals surface area contributed by atoms with Crippen LogP contribution in [-0.2, 0) is 0 Å². The number of thiocarbonyl (C=S) groups is 1. The lowest BCUT2D eigenvalue weighted by Crippen LogP contribution is -2.23. The van der Waals surface area contributed by atoms with Crippen LogP contribution >= 0.6 is 24.0 Å². The van der Waals surface area contributed by atoms with Gasteiger partial charge in [-0.3, -0.25) is 4.90 Å². The van der Waals surface area contributed by atoms with Gasteiger partial charge in [-0.15, -0.1) is 0 Å². The first-order chi connectivity index (χ1) is 4.20. The second kappa shape index (κ2) is 2.77. The summed E-state index contributed by atoms with van der Waals surface area (Å²) < 4.78 is 0.744. The van der Waals surface area contributed by atoms with Crippen LogP contribution in [-0.4, -0.2) is 34.9 Å². The zero-order valence-corrected chi connectivity index (χ0v) is 7.00. The minimum absolute atomic E-state index is 0.359. The largest absolute Gasteiger partial charge is 0.293 e. The van der Waals surface area contributed by atoms with Gasteiger partial charge in [-0.25, -0.2) is 4.99 Å². The van der Waals surface area contributed by atoms with Crippen molar-refractivity contribution in [1.82, 2.24) is 4.90 Å². The van der Waals surface area contributed by atoms with Gasteiger partial charge in [0.05, 0.1) is 5.37 Å². The predicted octanol–water partition coefficient (Wildman–Crippen LogP) is 0.977. The average Bonchev–Trinajstić information content (AvgIpc) is 2.14. The molecular formula is C5H8N2S2. The van der Waals surface area contributed by atoms with Crippen LogP contribution in [0.5, 0.6) is 0 Å². The Morgan fingerprint density at radius 3 is 2.67 bits per heavy atom. The highest BCUT2D eigenvalue weighted by molar-refractivity contribution is 8.24. The minimum atomic E-state index is 0.359. The molecule has 0 aromatic rings. The van der Waals surface area contributed by atoms with Gasteiger partial charge in [0.2, 0.25) is 0 Å². The maximum atomic E-state index is 4.85. The van der Waals surface area contributed by atoms with E-state index < -0.39 is 0 Å². The summed E-state index contributed by atoms with van der Waals surface area (Å²) in [6, 6.07) is 0. The summed E-state index contributed by atoms with van der Waals surface area (Å²) in [6.07, 6.45) is 1.87. The van der Waals surface area contributed by atoms with Crippen molar-refractivity contribution in [1.29, 1.82) is 0 Å². The van der Waals surface area contributed by atoms with Gasteiger partial charge in [-0.1, -0.05) is 24.0 Å². The van der Waals surface area contributed by atoms with Gasteiger partial charge < -0.3 is 0 Å². The Bertz CT molecular complexity index is 153. The molecule has 0 aliphatic carbocycles. The van der Waals surface area contributed by atoms with Gasteiger partial charge in [0.15, 0.2) is 4.32 Å². The molecule has 2 nitrogen and oxygen atoms in total. The Balaban J connectivity index is 2.50. The normalized spacial score (nSPS) is 26.1. The topological polar surface area (TPSA) is 15.6 Å². The number of aliphatic imine (C=N–C) groups is 1. The first kappa shape index (κ1) is 7.18. The number of thioether (sulfide) groups is 1. The number of hydrogen-bond acceptors (Lipinski definition) is 3. The molecule has 1 aliphatic heterocycles. The molecule has 1 heterocycles. The Labute approximate surface area is 64.3 Å². The molecule has 0 saturated heterocycles. The molecular weight excluding hydrogens is 152 g/mol. The summed E-state index contributed by atoms with van der Waals surface area (Å²) in [7, 11) is 4.02. The summed E-state index contributed by atoms with van der Waals surface area (Å²) in [4.78, 5) is 6.04. The van der Waals surface area contributed by atoms with Crippen molar-refractivity contribution in [2.75, 3.05) is 14.1 Å². The maximum Gasteiger partial charge on any atom is 0.161 e. The number of nitrogens with zero attached hydrogens (tertiary/aromatic N) is 2. The SMILES string of the molecule is CN(C)C1C=NC(=S)S1. The Morgan fingerprint density at radius 1 is 1.78 bits per heavy atom. The van der Waals surface area contributed by atoms with Gasteiger partial charge in [0.1, 0.15) is 0 Å². The molecule has 0 aromatic carbocycles. The van der Waals surface area contributed by atoms with Gasteiger partial charge in [-0.2, -0.15) is 0 Å². The molecule has 0 saturated carbocycles. The van der Waals surface area contributed by atoms with Gasteiger partial charge in [0.25, 0.3) is 0 Å². The lowest BCUT2D eigenvalue weighted by molar-refractivity contribution is 0.449. The van der Waals surface area contributed by atoms with Crippen molar-refractivity contribution in [2.24, 2.45) is 4.99 Å². The summed E-state index contributed by atoms with van der Waals surface area (Å²) in [5.41, 5.74) is 0. The molecule has 0 bridgehead atoms. The molecule has 1 atom stereocenters. The monoisotopic (exact) mass is 160 g/mol. The fourth-order valence-corrected chi connectivity index (χ4v) is 1.54. The molecule has 0 spiro atoms. The van der Waals surface area contributed by atoms with Crippen LogP contribution in [0.2, 0.25) is 0 Å². The van der Waals surface area contributed by atoms with E-state index in [1.54, 1.807) is 11.8 Å². The Hall–Kier alpha value is 0.0700. The van der Waals surface area contributed by atoms with Gasteiger partial charge in [0, 0.05) is 6.21 Å². The lowest BCUT2D eigenvalue weighted by Gasteiger charge is -2.13. The Morgan fingerprint density at radius 2 is 2.44 bits per heavy atom. The summed E-state index contributed by atoms with van der Waals surface area (Å²) in [5.74, 6) is 0. The molecule has 0 N–H and O–H groups in total. The molecule has 1 rings (SSSR count). The number of hydrogen-bond donors (Lipinski definition) is 0. The molecule has 0 aromatic heterocycles. The van der Waals surface area contributed by atoms with E-state index >= 15 is 0 Å². The van der Waals surface area contributed by atoms with Crippen molar-refractivity contribution >= 4 is 34.5 Å². The third-order valence-electron chi connectivity index (χ3n) is 1.04. The molecule has 50 valence electrons.